The standard InChI is InChI=1S/C23H37N3O2/c1-5-14-24-21(28)25-18-8-7-16-15-6-9-19-23(3,13-11-20(27)26(19)4)17(15)10-12-22(16,18)2/h5,15-19H,1,6-14H2,2-4H3,(H2,24,25,28)/t15-,16-,17-,18-,19+,22-,23+/m0/s1. The molecule has 5 nitrogen and oxygen atoms in total. The lowest BCUT2D eigenvalue weighted by Gasteiger charge is -2.61. The van der Waals surface area contributed by atoms with Crippen molar-refractivity contribution in [3.05, 3.63) is 12.7 Å². The van der Waals surface area contributed by atoms with Crippen LogP contribution in [0.1, 0.15) is 65.2 Å². The van der Waals surface area contributed by atoms with Crippen molar-refractivity contribution in [2.45, 2.75) is 77.3 Å². The minimum atomic E-state index is -0.0583. The monoisotopic (exact) mass is 387 g/mol. The Morgan fingerprint density at radius 1 is 1.14 bits per heavy atom. The Balaban J connectivity index is 1.51. The van der Waals surface area contributed by atoms with Crippen LogP contribution in [-0.4, -0.2) is 42.5 Å². The van der Waals surface area contributed by atoms with Crippen LogP contribution in [0.5, 0.6) is 0 Å². The molecule has 1 aliphatic heterocycles. The second kappa shape index (κ2) is 7.07. The Morgan fingerprint density at radius 2 is 1.89 bits per heavy atom. The van der Waals surface area contributed by atoms with E-state index in [4.69, 9.17) is 0 Å². The molecule has 4 fully saturated rings. The number of carbonyl (C=O) groups excluding carboxylic acids is 2. The van der Waals surface area contributed by atoms with E-state index in [2.05, 4.69) is 36.0 Å². The van der Waals surface area contributed by atoms with Gasteiger partial charge in [0, 0.05) is 32.1 Å². The molecule has 4 rings (SSSR count). The molecule has 0 aromatic carbocycles. The van der Waals surface area contributed by atoms with Gasteiger partial charge in [-0.3, -0.25) is 4.79 Å². The molecule has 1 saturated heterocycles. The zero-order valence-corrected chi connectivity index (χ0v) is 17.8. The number of rotatable bonds is 3. The highest BCUT2D eigenvalue weighted by Gasteiger charge is 2.61. The lowest BCUT2D eigenvalue weighted by atomic mass is 9.47. The van der Waals surface area contributed by atoms with Gasteiger partial charge in [-0.05, 0) is 73.5 Å². The predicted octanol–water partition coefficient (Wildman–Crippen LogP) is 3.70. The molecule has 0 spiro atoms. The number of piperidine rings is 1. The van der Waals surface area contributed by atoms with E-state index in [1.54, 1.807) is 6.08 Å². The molecule has 0 bridgehead atoms. The first-order valence-electron chi connectivity index (χ1n) is 11.2. The fraction of sp³-hybridized carbons (Fsp3) is 0.826. The van der Waals surface area contributed by atoms with Gasteiger partial charge in [0.15, 0.2) is 0 Å². The van der Waals surface area contributed by atoms with Gasteiger partial charge in [0.25, 0.3) is 0 Å². The van der Waals surface area contributed by atoms with Crippen LogP contribution in [0.4, 0.5) is 4.79 Å². The van der Waals surface area contributed by atoms with Gasteiger partial charge in [-0.15, -0.1) is 6.58 Å². The van der Waals surface area contributed by atoms with Crippen molar-refractivity contribution in [2.24, 2.45) is 28.6 Å². The van der Waals surface area contributed by atoms with Crippen molar-refractivity contribution in [1.29, 1.82) is 0 Å². The molecule has 0 aromatic heterocycles. The summed E-state index contributed by atoms with van der Waals surface area (Å²) in [5, 5.41) is 6.15. The normalized spacial score (nSPS) is 44.9. The van der Waals surface area contributed by atoms with Gasteiger partial charge in [-0.1, -0.05) is 19.9 Å². The van der Waals surface area contributed by atoms with Crippen LogP contribution < -0.4 is 10.6 Å². The molecule has 0 aromatic rings. The Labute approximate surface area is 169 Å². The number of urea groups is 1. The number of nitrogens with one attached hydrogen (secondary N) is 2. The molecule has 3 aliphatic carbocycles. The summed E-state index contributed by atoms with van der Waals surface area (Å²) in [4.78, 5) is 26.6. The van der Waals surface area contributed by atoms with Gasteiger partial charge in [-0.25, -0.2) is 4.79 Å². The van der Waals surface area contributed by atoms with E-state index in [9.17, 15) is 9.59 Å². The number of amides is 3. The maximum atomic E-state index is 12.3. The number of likely N-dealkylation sites (tertiary alicyclic amines) is 1. The topological polar surface area (TPSA) is 61.4 Å². The van der Waals surface area contributed by atoms with E-state index >= 15 is 0 Å². The van der Waals surface area contributed by atoms with Gasteiger partial charge in [0.2, 0.25) is 5.91 Å². The highest BCUT2D eigenvalue weighted by molar-refractivity contribution is 5.77. The van der Waals surface area contributed by atoms with Crippen molar-refractivity contribution in [1.82, 2.24) is 15.5 Å². The first-order valence-corrected chi connectivity index (χ1v) is 11.2. The molecule has 3 amide bonds. The average molecular weight is 388 g/mol. The molecular formula is C23H37N3O2. The molecule has 1 heterocycles. The van der Waals surface area contributed by atoms with E-state index in [1.807, 2.05) is 7.05 Å². The number of fused-ring (bicyclic) bond motifs is 5. The number of hydrogen-bond donors (Lipinski definition) is 2. The van der Waals surface area contributed by atoms with Crippen LogP contribution in [-0.2, 0) is 4.79 Å². The van der Waals surface area contributed by atoms with E-state index in [-0.39, 0.29) is 22.9 Å². The van der Waals surface area contributed by atoms with Crippen LogP contribution in [0.2, 0.25) is 0 Å². The molecular weight excluding hydrogens is 350 g/mol. The number of nitrogens with zero attached hydrogens (tertiary/aromatic N) is 1. The van der Waals surface area contributed by atoms with Crippen LogP contribution in [0.15, 0.2) is 12.7 Å². The van der Waals surface area contributed by atoms with Gasteiger partial charge >= 0.3 is 6.03 Å². The van der Waals surface area contributed by atoms with Crippen LogP contribution in [0, 0.1) is 28.6 Å². The highest BCUT2D eigenvalue weighted by atomic mass is 16.2. The maximum absolute atomic E-state index is 12.3. The van der Waals surface area contributed by atoms with Gasteiger partial charge < -0.3 is 15.5 Å². The molecule has 2 N–H and O–H groups in total. The minimum Gasteiger partial charge on any atom is -0.342 e. The minimum absolute atomic E-state index is 0.0583. The Kier molecular flexibility index (Phi) is 4.99. The number of carbonyl (C=O) groups is 2. The Morgan fingerprint density at radius 3 is 2.64 bits per heavy atom. The highest BCUT2D eigenvalue weighted by Crippen LogP contribution is 2.64. The second-order valence-corrected chi connectivity index (χ2v) is 10.3. The quantitative estimate of drug-likeness (QED) is 0.725. The third-order valence-electron chi connectivity index (χ3n) is 9.27. The zero-order valence-electron chi connectivity index (χ0n) is 17.8. The van der Waals surface area contributed by atoms with Crippen molar-refractivity contribution < 1.29 is 9.59 Å². The van der Waals surface area contributed by atoms with E-state index in [0.29, 0.717) is 36.8 Å². The van der Waals surface area contributed by atoms with Gasteiger partial charge in [0.1, 0.15) is 0 Å². The zero-order chi connectivity index (χ0) is 20.1. The largest absolute Gasteiger partial charge is 0.342 e. The maximum Gasteiger partial charge on any atom is 0.315 e. The summed E-state index contributed by atoms with van der Waals surface area (Å²) in [7, 11) is 2.02. The third kappa shape index (κ3) is 2.88. The average Bonchev–Trinajstić information content (AvgIpc) is 3.00. The summed E-state index contributed by atoms with van der Waals surface area (Å²) < 4.78 is 0. The molecule has 3 saturated carbocycles. The van der Waals surface area contributed by atoms with Crippen LogP contribution in [0.3, 0.4) is 0 Å². The smallest absolute Gasteiger partial charge is 0.315 e. The second-order valence-electron chi connectivity index (χ2n) is 10.3. The van der Waals surface area contributed by atoms with Crippen LogP contribution in [0.25, 0.3) is 0 Å². The lowest BCUT2D eigenvalue weighted by Crippen LogP contribution is -2.62. The van der Waals surface area contributed by atoms with Crippen molar-refractivity contribution in [2.75, 3.05) is 13.6 Å². The third-order valence-corrected chi connectivity index (χ3v) is 9.27. The van der Waals surface area contributed by atoms with E-state index in [1.165, 1.54) is 25.7 Å². The van der Waals surface area contributed by atoms with E-state index < -0.39 is 0 Å². The lowest BCUT2D eigenvalue weighted by molar-refractivity contribution is -0.157. The van der Waals surface area contributed by atoms with Crippen LogP contribution >= 0.6 is 0 Å². The van der Waals surface area contributed by atoms with Crippen molar-refractivity contribution in [3.8, 4) is 0 Å². The fourth-order valence-electron chi connectivity index (χ4n) is 7.76. The molecule has 0 unspecified atom stereocenters. The summed E-state index contributed by atoms with van der Waals surface area (Å²) in [6.07, 6.45) is 10.6. The van der Waals surface area contributed by atoms with E-state index in [0.717, 1.165) is 25.2 Å². The van der Waals surface area contributed by atoms with Gasteiger partial charge in [-0.2, -0.15) is 0 Å². The van der Waals surface area contributed by atoms with Gasteiger partial charge in [0.05, 0.1) is 0 Å². The molecule has 4 aliphatic rings. The Hall–Kier alpha value is -1.52. The first-order chi connectivity index (χ1) is 13.3. The molecule has 5 heteroatoms. The first kappa shape index (κ1) is 19.8. The summed E-state index contributed by atoms with van der Waals surface area (Å²) in [5.41, 5.74) is 0.464. The van der Waals surface area contributed by atoms with Crippen molar-refractivity contribution >= 4 is 11.9 Å². The molecule has 0 radical (unpaired) electrons. The summed E-state index contributed by atoms with van der Waals surface area (Å²) >= 11 is 0. The van der Waals surface area contributed by atoms with Crippen molar-refractivity contribution in [3.63, 3.8) is 0 Å². The predicted molar refractivity (Wildman–Crippen MR) is 111 cm³/mol. The SMILES string of the molecule is C=CCNC(=O)N[C@H]1CC[C@H]2[C@@H]3CC[C@H]4N(C)C(=O)CC[C@]4(C)[C@H]3CC[C@]12C. The molecule has 28 heavy (non-hydrogen) atoms. The number of hydrogen-bond acceptors (Lipinski definition) is 2. The Bertz CT molecular complexity index is 664. The summed E-state index contributed by atoms with van der Waals surface area (Å²) in [6, 6.07) is 0.626. The summed E-state index contributed by atoms with van der Waals surface area (Å²) in [6.45, 7) is 9.07. The summed E-state index contributed by atoms with van der Waals surface area (Å²) in [5.74, 6) is 2.48. The molecule has 156 valence electrons. The molecule has 7 atom stereocenters. The fourth-order valence-corrected chi connectivity index (χ4v) is 7.76.